The summed E-state index contributed by atoms with van der Waals surface area (Å²) in [6, 6.07) is 0. The van der Waals surface area contributed by atoms with Crippen molar-refractivity contribution in [1.82, 2.24) is 0 Å². The molecule has 0 saturated heterocycles. The maximum absolute atomic E-state index is 1.59. The molecule has 0 unspecified atom stereocenters. The minimum Gasteiger partial charge on any atom is -0.0527 e. The van der Waals surface area contributed by atoms with Crippen molar-refractivity contribution >= 4 is 0 Å². The first-order valence-electron chi connectivity index (χ1n) is 5.95. The molecule has 4 atom stereocenters. The van der Waals surface area contributed by atoms with Crippen LogP contribution < -0.4 is 0 Å². The molecule has 0 amide bonds. The van der Waals surface area contributed by atoms with Gasteiger partial charge in [0.1, 0.15) is 0 Å². The zero-order valence-corrected chi connectivity index (χ0v) is 7.97. The van der Waals surface area contributed by atoms with Crippen molar-refractivity contribution in [3.63, 3.8) is 0 Å². The van der Waals surface area contributed by atoms with E-state index in [0.717, 1.165) is 0 Å². The molecule has 3 aliphatic carbocycles. The van der Waals surface area contributed by atoms with E-state index < -0.39 is 0 Å². The van der Waals surface area contributed by atoms with Crippen LogP contribution in [0.4, 0.5) is 0 Å². The van der Waals surface area contributed by atoms with E-state index in [1.807, 2.05) is 0 Å². The summed E-state index contributed by atoms with van der Waals surface area (Å²) in [6.07, 6.45) is 12.6. The summed E-state index contributed by atoms with van der Waals surface area (Å²) in [5, 5.41) is 0. The highest BCUT2D eigenvalue weighted by atomic mass is 14.5. The summed E-state index contributed by atoms with van der Waals surface area (Å²) in [5.41, 5.74) is 0. The van der Waals surface area contributed by atoms with Gasteiger partial charge in [-0.05, 0) is 49.4 Å². The van der Waals surface area contributed by atoms with Gasteiger partial charge < -0.3 is 0 Å². The topological polar surface area (TPSA) is 0 Å². The van der Waals surface area contributed by atoms with Crippen molar-refractivity contribution in [2.45, 2.75) is 51.4 Å². The van der Waals surface area contributed by atoms with Crippen molar-refractivity contribution in [2.75, 3.05) is 0 Å². The van der Waals surface area contributed by atoms with Gasteiger partial charge in [0.05, 0.1) is 0 Å². The third-order valence-corrected chi connectivity index (χ3v) is 4.89. The molecule has 3 aliphatic rings. The Balaban J connectivity index is 1.81. The van der Waals surface area contributed by atoms with Crippen LogP contribution in [0.15, 0.2) is 0 Å². The Hall–Kier alpha value is 0. The quantitative estimate of drug-likeness (QED) is 0.513. The molecule has 0 heteroatoms. The lowest BCUT2D eigenvalue weighted by atomic mass is 9.69. The van der Waals surface area contributed by atoms with Gasteiger partial charge in [-0.25, -0.2) is 0 Å². The molecule has 0 spiro atoms. The summed E-state index contributed by atoms with van der Waals surface area (Å²) >= 11 is 0. The summed E-state index contributed by atoms with van der Waals surface area (Å²) in [4.78, 5) is 0. The van der Waals surface area contributed by atoms with E-state index in [9.17, 15) is 0 Å². The van der Waals surface area contributed by atoms with E-state index in [2.05, 4.69) is 0 Å². The molecule has 0 aromatic rings. The highest BCUT2D eigenvalue weighted by Crippen LogP contribution is 2.53. The molecular weight excluding hydrogens is 144 g/mol. The molecule has 0 radical (unpaired) electrons. The number of fused-ring (bicyclic) bond motifs is 3. The Kier molecular flexibility index (Phi) is 1.70. The summed E-state index contributed by atoms with van der Waals surface area (Å²) in [7, 11) is 0. The molecular formula is C12H20. The van der Waals surface area contributed by atoms with Crippen LogP contribution in [0.1, 0.15) is 51.4 Å². The van der Waals surface area contributed by atoms with Crippen LogP contribution in [0.3, 0.4) is 0 Å². The average Bonchev–Trinajstić information content (AvgIpc) is 2.71. The predicted molar refractivity (Wildman–Crippen MR) is 50.9 cm³/mol. The van der Waals surface area contributed by atoms with Crippen molar-refractivity contribution in [3.05, 3.63) is 0 Å². The van der Waals surface area contributed by atoms with E-state index in [1.165, 1.54) is 23.7 Å². The molecule has 12 heavy (non-hydrogen) atoms. The van der Waals surface area contributed by atoms with Crippen LogP contribution in [0.5, 0.6) is 0 Å². The second-order valence-electron chi connectivity index (χ2n) is 5.29. The Morgan fingerprint density at radius 3 is 1.50 bits per heavy atom. The molecule has 0 aromatic heterocycles. The summed E-state index contributed by atoms with van der Waals surface area (Å²) in [5.74, 6) is 4.71. The number of rotatable bonds is 0. The fraction of sp³-hybridized carbons (Fsp3) is 1.00. The monoisotopic (exact) mass is 164 g/mol. The van der Waals surface area contributed by atoms with Crippen LogP contribution in [0.2, 0.25) is 0 Å². The third-order valence-electron chi connectivity index (χ3n) is 4.89. The van der Waals surface area contributed by atoms with Gasteiger partial charge in [0.25, 0.3) is 0 Å². The van der Waals surface area contributed by atoms with E-state index >= 15 is 0 Å². The lowest BCUT2D eigenvalue weighted by Gasteiger charge is -2.36. The first-order chi connectivity index (χ1) is 5.95. The molecule has 3 fully saturated rings. The van der Waals surface area contributed by atoms with Crippen molar-refractivity contribution in [3.8, 4) is 0 Å². The predicted octanol–water partition coefficient (Wildman–Crippen LogP) is 3.61. The zero-order valence-electron chi connectivity index (χ0n) is 7.97. The fourth-order valence-electron chi connectivity index (χ4n) is 4.40. The van der Waals surface area contributed by atoms with Gasteiger partial charge in [-0.2, -0.15) is 0 Å². The van der Waals surface area contributed by atoms with Crippen LogP contribution in [0, 0.1) is 23.7 Å². The smallest absolute Gasteiger partial charge is 0.0355 e. The van der Waals surface area contributed by atoms with Crippen molar-refractivity contribution in [2.24, 2.45) is 23.7 Å². The molecule has 3 saturated carbocycles. The van der Waals surface area contributed by atoms with E-state index in [0.29, 0.717) is 0 Å². The molecule has 0 bridgehead atoms. The van der Waals surface area contributed by atoms with Gasteiger partial charge in [-0.15, -0.1) is 0 Å². The van der Waals surface area contributed by atoms with Gasteiger partial charge in [-0.3, -0.25) is 0 Å². The molecule has 0 N–H and O–H groups in total. The minimum atomic E-state index is 1.17. The van der Waals surface area contributed by atoms with Crippen LogP contribution in [-0.2, 0) is 0 Å². The molecule has 3 rings (SSSR count). The standard InChI is InChI=1S/C12H20/c1-3-9-7-8-10-4-2-6-12(10)11(9)5-1/h9-12H,1-8H2/t9-,10-,11-,12+/m0/s1. The number of hydrogen-bond acceptors (Lipinski definition) is 0. The van der Waals surface area contributed by atoms with E-state index in [4.69, 9.17) is 0 Å². The fourth-order valence-corrected chi connectivity index (χ4v) is 4.40. The Bertz CT molecular complexity index is 153. The maximum atomic E-state index is 1.59. The molecule has 0 aromatic carbocycles. The Morgan fingerprint density at radius 2 is 1.00 bits per heavy atom. The second kappa shape index (κ2) is 2.75. The zero-order chi connectivity index (χ0) is 7.97. The second-order valence-corrected chi connectivity index (χ2v) is 5.29. The van der Waals surface area contributed by atoms with Crippen LogP contribution >= 0.6 is 0 Å². The van der Waals surface area contributed by atoms with E-state index in [1.54, 1.807) is 51.4 Å². The summed E-state index contributed by atoms with van der Waals surface area (Å²) < 4.78 is 0. The normalized spacial score (nSPS) is 52.0. The lowest BCUT2D eigenvalue weighted by Crippen LogP contribution is -2.28. The van der Waals surface area contributed by atoms with Gasteiger partial charge in [0.15, 0.2) is 0 Å². The van der Waals surface area contributed by atoms with Gasteiger partial charge in [0, 0.05) is 0 Å². The molecule has 68 valence electrons. The highest BCUT2D eigenvalue weighted by molar-refractivity contribution is 4.93. The molecule has 0 heterocycles. The highest BCUT2D eigenvalue weighted by Gasteiger charge is 2.43. The lowest BCUT2D eigenvalue weighted by molar-refractivity contribution is 0.136. The average molecular weight is 164 g/mol. The summed E-state index contributed by atoms with van der Waals surface area (Å²) in [6.45, 7) is 0. The largest absolute Gasteiger partial charge is 0.0527 e. The van der Waals surface area contributed by atoms with Crippen LogP contribution in [-0.4, -0.2) is 0 Å². The maximum Gasteiger partial charge on any atom is -0.0355 e. The van der Waals surface area contributed by atoms with Gasteiger partial charge >= 0.3 is 0 Å². The van der Waals surface area contributed by atoms with Gasteiger partial charge in [0.2, 0.25) is 0 Å². The Labute approximate surface area is 75.7 Å². The van der Waals surface area contributed by atoms with Crippen molar-refractivity contribution in [1.29, 1.82) is 0 Å². The van der Waals surface area contributed by atoms with E-state index in [-0.39, 0.29) is 0 Å². The Morgan fingerprint density at radius 1 is 0.500 bits per heavy atom. The first kappa shape index (κ1) is 7.41. The number of hydrogen-bond donors (Lipinski definition) is 0. The SMILES string of the molecule is C1C[C@H]2CC[C@@H]3CCC[C@@H]3[C@@H]2C1. The van der Waals surface area contributed by atoms with Gasteiger partial charge in [-0.1, -0.05) is 25.7 Å². The first-order valence-corrected chi connectivity index (χ1v) is 5.95. The minimum absolute atomic E-state index is 1.17. The van der Waals surface area contributed by atoms with Crippen LogP contribution in [0.25, 0.3) is 0 Å². The third kappa shape index (κ3) is 0.963. The van der Waals surface area contributed by atoms with Crippen molar-refractivity contribution < 1.29 is 0 Å². The molecule has 0 aliphatic heterocycles. The molecule has 0 nitrogen and oxygen atoms in total.